The zero-order valence-corrected chi connectivity index (χ0v) is 10.9. The monoisotopic (exact) mass is 273 g/mol. The summed E-state index contributed by atoms with van der Waals surface area (Å²) in [6, 6.07) is 2.74. The highest BCUT2D eigenvalue weighted by atomic mass is 35.5. The summed E-state index contributed by atoms with van der Waals surface area (Å²) in [6.45, 7) is 3.94. The van der Waals surface area contributed by atoms with Crippen molar-refractivity contribution < 1.29 is 9.66 Å². The molecule has 0 spiro atoms. The molecular weight excluding hydrogens is 258 g/mol. The van der Waals surface area contributed by atoms with Gasteiger partial charge in [-0.15, -0.1) is 0 Å². The Bertz CT molecular complexity index is 401. The highest BCUT2D eigenvalue weighted by Gasteiger charge is 2.14. The van der Waals surface area contributed by atoms with Crippen LogP contribution >= 0.6 is 11.6 Å². The zero-order chi connectivity index (χ0) is 13.4. The third kappa shape index (κ3) is 4.85. The molecule has 0 amide bonds. The summed E-state index contributed by atoms with van der Waals surface area (Å²) < 4.78 is 5.30. The first kappa shape index (κ1) is 14.7. The predicted octanol–water partition coefficient (Wildman–Crippen LogP) is 2.87. The predicted molar refractivity (Wildman–Crippen MR) is 70.1 cm³/mol. The molecule has 0 aliphatic heterocycles. The van der Waals surface area contributed by atoms with E-state index in [4.69, 9.17) is 16.3 Å². The first-order chi connectivity index (χ1) is 8.65. The molecule has 1 rings (SSSR count). The van der Waals surface area contributed by atoms with Gasteiger partial charge in [-0.2, -0.15) is 0 Å². The summed E-state index contributed by atoms with van der Waals surface area (Å²) in [4.78, 5) is 14.2. The van der Waals surface area contributed by atoms with Crippen molar-refractivity contribution in [2.24, 2.45) is 0 Å². The fourth-order valence-corrected chi connectivity index (χ4v) is 1.48. The van der Waals surface area contributed by atoms with Crippen molar-refractivity contribution in [2.45, 2.75) is 19.8 Å². The Morgan fingerprint density at radius 3 is 2.94 bits per heavy atom. The largest absolute Gasteiger partial charge is 0.381 e. The van der Waals surface area contributed by atoms with Gasteiger partial charge >= 0.3 is 5.69 Å². The van der Waals surface area contributed by atoms with Crippen molar-refractivity contribution in [2.75, 3.05) is 25.1 Å². The maximum Gasteiger partial charge on any atom is 0.311 e. The molecule has 0 saturated carbocycles. The Morgan fingerprint density at radius 1 is 1.50 bits per heavy atom. The summed E-state index contributed by atoms with van der Waals surface area (Å²) in [5.74, 6) is 0.197. The summed E-state index contributed by atoms with van der Waals surface area (Å²) in [5, 5.41) is 13.9. The van der Waals surface area contributed by atoms with Gasteiger partial charge in [-0.1, -0.05) is 18.5 Å². The number of hydrogen-bond acceptors (Lipinski definition) is 5. The molecule has 1 aromatic heterocycles. The number of nitro groups is 1. The fourth-order valence-electron chi connectivity index (χ4n) is 1.33. The lowest BCUT2D eigenvalue weighted by atomic mass is 10.3. The van der Waals surface area contributed by atoms with Gasteiger partial charge in [0.25, 0.3) is 0 Å². The molecule has 0 aromatic carbocycles. The normalized spacial score (nSPS) is 10.3. The van der Waals surface area contributed by atoms with Gasteiger partial charge in [-0.3, -0.25) is 10.1 Å². The van der Waals surface area contributed by atoms with Crippen LogP contribution in [0.4, 0.5) is 11.5 Å². The number of anilines is 1. The van der Waals surface area contributed by atoms with E-state index in [-0.39, 0.29) is 16.7 Å². The molecule has 0 radical (unpaired) electrons. The number of halogens is 1. The summed E-state index contributed by atoms with van der Waals surface area (Å²) >= 11 is 5.70. The molecule has 0 bridgehead atoms. The van der Waals surface area contributed by atoms with Crippen LogP contribution in [0, 0.1) is 10.1 Å². The van der Waals surface area contributed by atoms with E-state index in [2.05, 4.69) is 10.3 Å². The Labute approximate surface area is 110 Å². The van der Waals surface area contributed by atoms with E-state index in [1.807, 2.05) is 6.92 Å². The van der Waals surface area contributed by atoms with E-state index in [0.717, 1.165) is 19.4 Å². The summed E-state index contributed by atoms with van der Waals surface area (Å²) in [7, 11) is 0. The van der Waals surface area contributed by atoms with E-state index >= 15 is 0 Å². The molecule has 0 fully saturated rings. The number of nitrogens with one attached hydrogen (secondary N) is 1. The van der Waals surface area contributed by atoms with Crippen molar-refractivity contribution in [1.29, 1.82) is 0 Å². The second kappa shape index (κ2) is 7.84. The van der Waals surface area contributed by atoms with Gasteiger partial charge in [0.15, 0.2) is 0 Å². The van der Waals surface area contributed by atoms with Gasteiger partial charge in [-0.05, 0) is 18.9 Å². The zero-order valence-electron chi connectivity index (χ0n) is 10.2. The van der Waals surface area contributed by atoms with Crippen molar-refractivity contribution in [1.82, 2.24) is 4.98 Å². The molecule has 1 N–H and O–H groups in total. The van der Waals surface area contributed by atoms with Crippen LogP contribution in [0.25, 0.3) is 0 Å². The molecule has 0 unspecified atom stereocenters. The minimum atomic E-state index is -0.487. The van der Waals surface area contributed by atoms with E-state index in [1.54, 1.807) is 0 Å². The Kier molecular flexibility index (Phi) is 6.38. The second-order valence-corrected chi connectivity index (χ2v) is 4.04. The van der Waals surface area contributed by atoms with Crippen LogP contribution in [0.3, 0.4) is 0 Å². The third-order valence-electron chi connectivity index (χ3n) is 2.14. The van der Waals surface area contributed by atoms with Gasteiger partial charge < -0.3 is 10.1 Å². The number of pyridine rings is 1. The topological polar surface area (TPSA) is 77.3 Å². The van der Waals surface area contributed by atoms with Crippen LogP contribution in [-0.2, 0) is 4.74 Å². The minimum absolute atomic E-state index is 0.0751. The molecular formula is C11H16ClN3O3. The molecule has 18 heavy (non-hydrogen) atoms. The van der Waals surface area contributed by atoms with Gasteiger partial charge in [0.1, 0.15) is 5.15 Å². The lowest BCUT2D eigenvalue weighted by molar-refractivity contribution is -0.384. The van der Waals surface area contributed by atoms with Crippen molar-refractivity contribution in [3.8, 4) is 0 Å². The average Bonchev–Trinajstić information content (AvgIpc) is 2.33. The number of nitrogens with zero attached hydrogens (tertiary/aromatic N) is 2. The smallest absolute Gasteiger partial charge is 0.311 e. The fraction of sp³-hybridized carbons (Fsp3) is 0.545. The van der Waals surface area contributed by atoms with Crippen LogP contribution in [0.15, 0.2) is 12.1 Å². The van der Waals surface area contributed by atoms with Crippen LogP contribution in [0.2, 0.25) is 5.15 Å². The molecule has 100 valence electrons. The quantitative estimate of drug-likeness (QED) is 0.341. The highest BCUT2D eigenvalue weighted by molar-refractivity contribution is 6.29. The van der Waals surface area contributed by atoms with Crippen molar-refractivity contribution in [3.63, 3.8) is 0 Å². The maximum absolute atomic E-state index is 10.8. The number of ether oxygens (including phenoxy) is 1. The van der Waals surface area contributed by atoms with E-state index in [9.17, 15) is 10.1 Å². The van der Waals surface area contributed by atoms with Crippen LogP contribution < -0.4 is 5.32 Å². The Hall–Kier alpha value is -1.40. The van der Waals surface area contributed by atoms with Crippen molar-refractivity contribution in [3.05, 3.63) is 27.4 Å². The number of rotatable bonds is 8. The molecule has 0 aliphatic carbocycles. The minimum Gasteiger partial charge on any atom is -0.381 e. The van der Waals surface area contributed by atoms with E-state index in [0.29, 0.717) is 13.2 Å². The average molecular weight is 274 g/mol. The Morgan fingerprint density at radius 2 is 2.28 bits per heavy atom. The van der Waals surface area contributed by atoms with E-state index < -0.39 is 4.92 Å². The highest BCUT2D eigenvalue weighted by Crippen LogP contribution is 2.23. The molecule has 7 heteroatoms. The maximum atomic E-state index is 10.8. The summed E-state index contributed by atoms with van der Waals surface area (Å²) in [6.07, 6.45) is 1.74. The van der Waals surface area contributed by atoms with Gasteiger partial charge in [0, 0.05) is 25.8 Å². The van der Waals surface area contributed by atoms with E-state index in [1.165, 1.54) is 12.1 Å². The molecule has 1 aromatic rings. The molecule has 0 aliphatic rings. The third-order valence-corrected chi connectivity index (χ3v) is 2.35. The van der Waals surface area contributed by atoms with Crippen molar-refractivity contribution >= 4 is 23.1 Å². The first-order valence-electron chi connectivity index (χ1n) is 5.77. The SMILES string of the molecule is CCCOCCCNc1nc(Cl)ccc1[N+](=O)[O-]. The lowest BCUT2D eigenvalue weighted by Crippen LogP contribution is -2.09. The molecule has 1 heterocycles. The lowest BCUT2D eigenvalue weighted by Gasteiger charge is -2.06. The number of hydrogen-bond donors (Lipinski definition) is 1. The molecule has 0 saturated heterocycles. The number of aromatic nitrogens is 1. The van der Waals surface area contributed by atoms with Crippen LogP contribution in [0.5, 0.6) is 0 Å². The second-order valence-electron chi connectivity index (χ2n) is 3.65. The first-order valence-corrected chi connectivity index (χ1v) is 6.15. The summed E-state index contributed by atoms with van der Waals surface area (Å²) in [5.41, 5.74) is -0.0751. The van der Waals surface area contributed by atoms with Gasteiger partial charge in [0.2, 0.25) is 5.82 Å². The molecule has 6 nitrogen and oxygen atoms in total. The van der Waals surface area contributed by atoms with Crippen LogP contribution in [0.1, 0.15) is 19.8 Å². The molecule has 0 atom stereocenters. The Balaban J connectivity index is 2.45. The van der Waals surface area contributed by atoms with Gasteiger partial charge in [0.05, 0.1) is 4.92 Å². The van der Waals surface area contributed by atoms with Crippen LogP contribution in [-0.4, -0.2) is 29.7 Å². The standard InChI is InChI=1S/C11H16ClN3O3/c1-2-7-18-8-3-6-13-11-9(15(16)17)4-5-10(12)14-11/h4-5H,2-3,6-8H2,1H3,(H,13,14). The van der Waals surface area contributed by atoms with Gasteiger partial charge in [-0.25, -0.2) is 4.98 Å².